The summed E-state index contributed by atoms with van der Waals surface area (Å²) in [7, 11) is -3.55. The van der Waals surface area contributed by atoms with Gasteiger partial charge in [0.15, 0.2) is 0 Å². The maximum absolute atomic E-state index is 12.2. The molecule has 0 amide bonds. The molecule has 3 nitrogen and oxygen atoms in total. The fourth-order valence-corrected chi connectivity index (χ4v) is 2.99. The summed E-state index contributed by atoms with van der Waals surface area (Å²) in [5.74, 6) is 0. The molecule has 0 aliphatic rings. The summed E-state index contributed by atoms with van der Waals surface area (Å²) in [4.78, 5) is 0.202. The zero-order valence-electron chi connectivity index (χ0n) is 10.7. The fraction of sp³-hybridized carbons (Fsp3) is 0.143. The smallest absolute Gasteiger partial charge is 0.207 e. The number of aryl methyl sites for hydroxylation is 1. The molecule has 6 heteroatoms. The summed E-state index contributed by atoms with van der Waals surface area (Å²) < 4.78 is 26.9. The van der Waals surface area contributed by atoms with E-state index >= 15 is 0 Å². The predicted molar refractivity (Wildman–Crippen MR) is 81.7 cm³/mol. The number of nitrogens with one attached hydrogen (secondary N) is 1. The lowest BCUT2D eigenvalue weighted by atomic mass is 10.2. The third-order valence-corrected chi connectivity index (χ3v) is 4.89. The van der Waals surface area contributed by atoms with Crippen molar-refractivity contribution in [2.24, 2.45) is 0 Å². The van der Waals surface area contributed by atoms with Gasteiger partial charge in [-0.15, -0.1) is 0 Å². The van der Waals surface area contributed by atoms with Crippen molar-refractivity contribution in [1.29, 1.82) is 0 Å². The molecule has 2 aromatic carbocycles. The first kappa shape index (κ1) is 15.3. The van der Waals surface area contributed by atoms with E-state index in [2.05, 4.69) is 4.72 Å². The van der Waals surface area contributed by atoms with Crippen LogP contribution in [0.15, 0.2) is 47.4 Å². The van der Waals surface area contributed by atoms with Crippen molar-refractivity contribution in [2.45, 2.75) is 18.4 Å². The van der Waals surface area contributed by atoms with E-state index in [0.29, 0.717) is 10.0 Å². The Balaban J connectivity index is 2.14. The summed E-state index contributed by atoms with van der Waals surface area (Å²) in [6, 6.07) is 11.6. The zero-order chi connectivity index (χ0) is 14.8. The van der Waals surface area contributed by atoms with E-state index in [1.54, 1.807) is 43.3 Å². The fourth-order valence-electron chi connectivity index (χ4n) is 1.65. The third kappa shape index (κ3) is 3.73. The molecule has 106 valence electrons. The molecule has 0 aliphatic carbocycles. The molecule has 20 heavy (non-hydrogen) atoms. The summed E-state index contributed by atoms with van der Waals surface area (Å²) in [5, 5.41) is 1.16. The zero-order valence-corrected chi connectivity index (χ0v) is 13.1. The average molecular weight is 330 g/mol. The van der Waals surface area contributed by atoms with Crippen LogP contribution in [0.4, 0.5) is 0 Å². The average Bonchev–Trinajstić information content (AvgIpc) is 2.41. The number of halogens is 2. The minimum Gasteiger partial charge on any atom is -0.207 e. The largest absolute Gasteiger partial charge is 0.240 e. The molecule has 0 saturated heterocycles. The van der Waals surface area contributed by atoms with Crippen LogP contribution in [0.25, 0.3) is 0 Å². The van der Waals surface area contributed by atoms with Crippen LogP contribution in [-0.2, 0) is 16.6 Å². The van der Waals surface area contributed by atoms with Crippen molar-refractivity contribution >= 4 is 33.2 Å². The molecule has 0 saturated carbocycles. The Labute approximate surface area is 128 Å². The highest BCUT2D eigenvalue weighted by Crippen LogP contribution is 2.19. The first-order valence-electron chi connectivity index (χ1n) is 5.89. The normalized spacial score (nSPS) is 11.6. The second-order valence-corrected chi connectivity index (χ2v) is 6.97. The molecule has 1 N–H and O–H groups in total. The lowest BCUT2D eigenvalue weighted by Crippen LogP contribution is -2.23. The molecule has 0 fully saturated rings. The van der Waals surface area contributed by atoms with Crippen molar-refractivity contribution < 1.29 is 8.42 Å². The number of sulfonamides is 1. The third-order valence-electron chi connectivity index (χ3n) is 2.82. The molecule has 0 atom stereocenters. The summed E-state index contributed by atoms with van der Waals surface area (Å²) in [5.41, 5.74) is 1.56. The second kappa shape index (κ2) is 6.14. The Morgan fingerprint density at radius 3 is 2.30 bits per heavy atom. The standard InChI is InChI=1S/C14H13Cl2NO2S/c1-10-8-13(6-7-14(10)16)20(18,19)17-9-11-2-4-12(15)5-3-11/h2-8,17H,9H2,1H3. The molecule has 0 radical (unpaired) electrons. The monoisotopic (exact) mass is 329 g/mol. The van der Waals surface area contributed by atoms with E-state index in [1.165, 1.54) is 6.07 Å². The maximum Gasteiger partial charge on any atom is 0.240 e. The van der Waals surface area contributed by atoms with Gasteiger partial charge in [-0.25, -0.2) is 13.1 Å². The van der Waals surface area contributed by atoms with Crippen LogP contribution in [0.2, 0.25) is 10.0 Å². The molecule has 0 aromatic heterocycles. The van der Waals surface area contributed by atoms with Gasteiger partial charge in [-0.05, 0) is 48.4 Å². The molecule has 0 bridgehead atoms. The first-order valence-corrected chi connectivity index (χ1v) is 8.13. The molecule has 0 heterocycles. The van der Waals surface area contributed by atoms with E-state index in [9.17, 15) is 8.42 Å². The van der Waals surface area contributed by atoms with Gasteiger partial charge in [0.2, 0.25) is 10.0 Å². The molecule has 2 rings (SSSR count). The minimum absolute atomic E-state index is 0.202. The molecular formula is C14H13Cl2NO2S. The topological polar surface area (TPSA) is 46.2 Å². The molecule has 0 aliphatic heterocycles. The van der Waals surface area contributed by atoms with Crippen molar-refractivity contribution in [3.63, 3.8) is 0 Å². The van der Waals surface area contributed by atoms with Crippen molar-refractivity contribution in [3.05, 3.63) is 63.6 Å². The Bertz CT molecular complexity index is 712. The minimum atomic E-state index is -3.55. The van der Waals surface area contributed by atoms with Gasteiger partial charge in [-0.2, -0.15) is 0 Å². The van der Waals surface area contributed by atoms with E-state index in [4.69, 9.17) is 23.2 Å². The van der Waals surface area contributed by atoms with Crippen LogP contribution in [-0.4, -0.2) is 8.42 Å². The molecule has 0 spiro atoms. The quantitative estimate of drug-likeness (QED) is 0.927. The Hall–Kier alpha value is -1.07. The predicted octanol–water partition coefficient (Wildman–Crippen LogP) is 3.78. The van der Waals surface area contributed by atoms with Gasteiger partial charge in [-0.1, -0.05) is 35.3 Å². The van der Waals surface area contributed by atoms with Crippen molar-refractivity contribution in [1.82, 2.24) is 4.72 Å². The maximum atomic E-state index is 12.2. The van der Waals surface area contributed by atoms with Crippen LogP contribution in [0.5, 0.6) is 0 Å². The van der Waals surface area contributed by atoms with Crippen LogP contribution >= 0.6 is 23.2 Å². The molecular weight excluding hydrogens is 317 g/mol. The Morgan fingerprint density at radius 2 is 1.70 bits per heavy atom. The van der Waals surface area contributed by atoms with Gasteiger partial charge in [0.1, 0.15) is 0 Å². The van der Waals surface area contributed by atoms with E-state index < -0.39 is 10.0 Å². The first-order chi connectivity index (χ1) is 9.38. The van der Waals surface area contributed by atoms with E-state index in [-0.39, 0.29) is 11.4 Å². The molecule has 0 unspecified atom stereocenters. The van der Waals surface area contributed by atoms with Gasteiger partial charge in [0, 0.05) is 16.6 Å². The van der Waals surface area contributed by atoms with Gasteiger partial charge < -0.3 is 0 Å². The SMILES string of the molecule is Cc1cc(S(=O)(=O)NCc2ccc(Cl)cc2)ccc1Cl. The van der Waals surface area contributed by atoms with Crippen LogP contribution in [0, 0.1) is 6.92 Å². The summed E-state index contributed by atoms with van der Waals surface area (Å²) in [6.07, 6.45) is 0. The number of rotatable bonds is 4. The lowest BCUT2D eigenvalue weighted by molar-refractivity contribution is 0.581. The Kier molecular flexibility index (Phi) is 4.70. The van der Waals surface area contributed by atoms with Crippen LogP contribution in [0.3, 0.4) is 0 Å². The van der Waals surface area contributed by atoms with Gasteiger partial charge in [0.05, 0.1) is 4.90 Å². The second-order valence-electron chi connectivity index (χ2n) is 4.36. The van der Waals surface area contributed by atoms with Crippen molar-refractivity contribution in [3.8, 4) is 0 Å². The Morgan fingerprint density at radius 1 is 1.05 bits per heavy atom. The van der Waals surface area contributed by atoms with Crippen LogP contribution < -0.4 is 4.72 Å². The highest BCUT2D eigenvalue weighted by atomic mass is 35.5. The van der Waals surface area contributed by atoms with Crippen LogP contribution in [0.1, 0.15) is 11.1 Å². The summed E-state index contributed by atoms with van der Waals surface area (Å²) in [6.45, 7) is 1.97. The van der Waals surface area contributed by atoms with E-state index in [0.717, 1.165) is 11.1 Å². The molecule has 2 aromatic rings. The number of hydrogen-bond donors (Lipinski definition) is 1. The van der Waals surface area contributed by atoms with Crippen molar-refractivity contribution in [2.75, 3.05) is 0 Å². The van der Waals surface area contributed by atoms with E-state index in [1.807, 2.05) is 0 Å². The van der Waals surface area contributed by atoms with Gasteiger partial charge >= 0.3 is 0 Å². The highest BCUT2D eigenvalue weighted by molar-refractivity contribution is 7.89. The number of benzene rings is 2. The summed E-state index contributed by atoms with van der Waals surface area (Å²) >= 11 is 11.7. The lowest BCUT2D eigenvalue weighted by Gasteiger charge is -2.08. The van der Waals surface area contributed by atoms with Gasteiger partial charge in [-0.3, -0.25) is 0 Å². The highest BCUT2D eigenvalue weighted by Gasteiger charge is 2.14. The number of hydrogen-bond acceptors (Lipinski definition) is 2. The van der Waals surface area contributed by atoms with Gasteiger partial charge in [0.25, 0.3) is 0 Å².